The highest BCUT2D eigenvalue weighted by molar-refractivity contribution is 8.00. The molecule has 10 nitrogen and oxygen atoms in total. The number of benzene rings is 2. The maximum Gasteiger partial charge on any atom is 0.534 e. The number of β-lactam (4-membered cyclic amide) rings is 1. The smallest absolute Gasteiger partial charge is 0.497 e. The molecule has 2 aromatic carbocycles. The first-order valence-electron chi connectivity index (χ1n) is 11.2. The lowest BCUT2D eigenvalue weighted by atomic mass is 10.0. The number of carbonyl (C=O) groups excluding carboxylic acids is 3. The zero-order valence-corrected chi connectivity index (χ0v) is 21.8. The van der Waals surface area contributed by atoms with Gasteiger partial charge in [-0.25, -0.2) is 4.79 Å². The number of hydrogen-bond donors (Lipinski definition) is 1. The molecule has 2 aliphatic heterocycles. The summed E-state index contributed by atoms with van der Waals surface area (Å²) in [5.74, 6) is -3.49. The number of amides is 2. The van der Waals surface area contributed by atoms with E-state index in [2.05, 4.69) is 9.50 Å². The molecule has 4 rings (SSSR count). The minimum atomic E-state index is -6.14. The van der Waals surface area contributed by atoms with Gasteiger partial charge in [0, 0.05) is 0 Å². The van der Waals surface area contributed by atoms with Crippen LogP contribution in [0.25, 0.3) is 0 Å². The summed E-state index contributed by atoms with van der Waals surface area (Å²) in [6, 6.07) is 13.9. The standard InChI is InChI=1S/C24H21F3N2O8S2/c1-35-16-9-7-15(8-10-16)12-36-23(32)20-17(37-39(33,34)24(25,26)27)13-38-22-19(21(31)29(20)22)28-18(30)11-14-5-3-2-4-6-14/h2-10,19,22H,11-13H2,1H3,(H,28,30)/t19-,22-/m1/s1. The van der Waals surface area contributed by atoms with E-state index in [1.807, 2.05) is 0 Å². The Kier molecular flexibility index (Phi) is 8.11. The van der Waals surface area contributed by atoms with Crippen molar-refractivity contribution in [3.05, 3.63) is 77.2 Å². The second kappa shape index (κ2) is 11.2. The maximum absolute atomic E-state index is 13.0. The predicted molar refractivity (Wildman–Crippen MR) is 131 cm³/mol. The summed E-state index contributed by atoms with van der Waals surface area (Å²) >= 11 is 0.826. The average Bonchev–Trinajstić information content (AvgIpc) is 2.90. The Morgan fingerprint density at radius 2 is 1.74 bits per heavy atom. The first-order chi connectivity index (χ1) is 18.4. The maximum atomic E-state index is 13.0. The van der Waals surface area contributed by atoms with E-state index in [0.717, 1.165) is 16.7 Å². The van der Waals surface area contributed by atoms with Gasteiger partial charge in [-0.2, -0.15) is 21.6 Å². The zero-order chi connectivity index (χ0) is 28.4. The third-order valence-electron chi connectivity index (χ3n) is 5.67. The van der Waals surface area contributed by atoms with Gasteiger partial charge in [0.05, 0.1) is 19.3 Å². The van der Waals surface area contributed by atoms with Gasteiger partial charge in [0.25, 0.3) is 5.91 Å². The van der Waals surface area contributed by atoms with Gasteiger partial charge in [-0.3, -0.25) is 14.5 Å². The summed E-state index contributed by atoms with van der Waals surface area (Å²) in [6.07, 6.45) is -0.0349. The van der Waals surface area contributed by atoms with Crippen LogP contribution < -0.4 is 10.1 Å². The van der Waals surface area contributed by atoms with Crippen LogP contribution in [-0.2, 0) is 46.4 Å². The largest absolute Gasteiger partial charge is 0.534 e. The van der Waals surface area contributed by atoms with E-state index in [4.69, 9.17) is 9.47 Å². The minimum Gasteiger partial charge on any atom is -0.497 e. The Morgan fingerprint density at radius 3 is 2.36 bits per heavy atom. The highest BCUT2D eigenvalue weighted by Gasteiger charge is 2.57. The molecule has 1 fully saturated rings. The van der Waals surface area contributed by atoms with Crippen molar-refractivity contribution in [3.63, 3.8) is 0 Å². The molecule has 2 atom stereocenters. The van der Waals surface area contributed by atoms with E-state index in [0.29, 0.717) is 16.9 Å². The monoisotopic (exact) mass is 586 g/mol. The van der Waals surface area contributed by atoms with Crippen LogP contribution in [0.1, 0.15) is 11.1 Å². The highest BCUT2D eigenvalue weighted by Crippen LogP contribution is 2.42. The molecule has 2 aromatic rings. The Labute approximate surface area is 225 Å². The fraction of sp³-hybridized carbons (Fsp3) is 0.292. The fourth-order valence-corrected chi connectivity index (χ4v) is 5.59. The Balaban J connectivity index is 1.54. The van der Waals surface area contributed by atoms with E-state index in [9.17, 15) is 36.0 Å². The first-order valence-corrected chi connectivity index (χ1v) is 13.7. The van der Waals surface area contributed by atoms with Gasteiger partial charge in [-0.15, -0.1) is 11.8 Å². The topological polar surface area (TPSA) is 128 Å². The Hall–Kier alpha value is -3.72. The van der Waals surface area contributed by atoms with Gasteiger partial charge in [-0.1, -0.05) is 42.5 Å². The molecule has 2 aliphatic rings. The Morgan fingerprint density at radius 1 is 1.08 bits per heavy atom. The Bertz CT molecular complexity index is 1400. The van der Waals surface area contributed by atoms with Crippen molar-refractivity contribution < 1.29 is 49.6 Å². The average molecular weight is 587 g/mol. The minimum absolute atomic E-state index is 0.0349. The normalized spacial score (nSPS) is 19.1. The lowest BCUT2D eigenvalue weighted by Gasteiger charge is -2.49. The molecule has 0 bridgehead atoms. The molecule has 208 valence electrons. The second-order valence-electron chi connectivity index (χ2n) is 8.30. The number of halogens is 3. The van der Waals surface area contributed by atoms with Crippen LogP contribution >= 0.6 is 11.8 Å². The summed E-state index contributed by atoms with van der Waals surface area (Å²) in [6.45, 7) is -0.345. The molecule has 2 amide bonds. The van der Waals surface area contributed by atoms with Crippen molar-refractivity contribution in [2.75, 3.05) is 12.9 Å². The summed E-state index contributed by atoms with van der Waals surface area (Å²) < 4.78 is 76.9. The molecule has 1 saturated heterocycles. The number of nitrogens with one attached hydrogen (secondary N) is 1. The number of esters is 1. The number of nitrogens with zero attached hydrogens (tertiary/aromatic N) is 1. The number of fused-ring (bicyclic) bond motifs is 1. The van der Waals surface area contributed by atoms with E-state index in [1.165, 1.54) is 7.11 Å². The number of thioether (sulfide) groups is 1. The molecule has 0 unspecified atom stereocenters. The number of rotatable bonds is 9. The van der Waals surface area contributed by atoms with Crippen LogP contribution in [0.4, 0.5) is 13.2 Å². The van der Waals surface area contributed by atoms with Crippen molar-refractivity contribution in [3.8, 4) is 5.75 Å². The van der Waals surface area contributed by atoms with Crippen molar-refractivity contribution in [1.82, 2.24) is 10.2 Å². The van der Waals surface area contributed by atoms with Crippen molar-refractivity contribution in [2.24, 2.45) is 0 Å². The molecule has 2 heterocycles. The molecule has 0 radical (unpaired) electrons. The van der Waals surface area contributed by atoms with Gasteiger partial charge >= 0.3 is 21.6 Å². The highest BCUT2D eigenvalue weighted by atomic mass is 32.2. The van der Waals surface area contributed by atoms with Crippen LogP contribution in [0.15, 0.2) is 66.1 Å². The summed E-state index contributed by atoms with van der Waals surface area (Å²) in [5, 5.41) is 1.65. The first kappa shape index (κ1) is 28.3. The third-order valence-corrected chi connectivity index (χ3v) is 7.91. The van der Waals surface area contributed by atoms with E-state index in [1.54, 1.807) is 54.6 Å². The van der Waals surface area contributed by atoms with Crippen molar-refractivity contribution in [1.29, 1.82) is 0 Å². The molecule has 0 spiro atoms. The summed E-state index contributed by atoms with van der Waals surface area (Å²) in [5.41, 5.74) is -5.38. The lowest BCUT2D eigenvalue weighted by Crippen LogP contribution is -2.70. The van der Waals surface area contributed by atoms with Crippen LogP contribution in [-0.4, -0.2) is 60.9 Å². The molecule has 1 N–H and O–H groups in total. The molecular weight excluding hydrogens is 565 g/mol. The number of hydrogen-bond acceptors (Lipinski definition) is 9. The second-order valence-corrected chi connectivity index (χ2v) is 10.9. The zero-order valence-electron chi connectivity index (χ0n) is 20.1. The quantitative estimate of drug-likeness (QED) is 0.204. The lowest BCUT2D eigenvalue weighted by molar-refractivity contribution is -0.153. The van der Waals surface area contributed by atoms with Crippen LogP contribution in [0.2, 0.25) is 0 Å². The number of carbonyl (C=O) groups is 3. The molecule has 15 heteroatoms. The van der Waals surface area contributed by atoms with Crippen LogP contribution in [0.3, 0.4) is 0 Å². The molecule has 0 aromatic heterocycles. The van der Waals surface area contributed by atoms with Gasteiger partial charge in [0.1, 0.15) is 23.8 Å². The third kappa shape index (κ3) is 6.14. The van der Waals surface area contributed by atoms with Gasteiger partial charge in [0.2, 0.25) is 5.91 Å². The van der Waals surface area contributed by atoms with Gasteiger partial charge in [-0.05, 0) is 23.3 Å². The van der Waals surface area contributed by atoms with Crippen molar-refractivity contribution >= 4 is 39.7 Å². The van der Waals surface area contributed by atoms with E-state index < -0.39 is 62.0 Å². The number of alkyl halides is 3. The van der Waals surface area contributed by atoms with E-state index in [-0.39, 0.29) is 13.0 Å². The predicted octanol–water partition coefficient (Wildman–Crippen LogP) is 2.46. The van der Waals surface area contributed by atoms with Crippen molar-refractivity contribution in [2.45, 2.75) is 30.0 Å². The number of ether oxygens (including phenoxy) is 2. The molecule has 39 heavy (non-hydrogen) atoms. The molecule has 0 aliphatic carbocycles. The van der Waals surface area contributed by atoms with Gasteiger partial charge in [0.15, 0.2) is 11.5 Å². The number of methoxy groups -OCH3 is 1. The molecule has 0 saturated carbocycles. The fourth-order valence-electron chi connectivity index (χ4n) is 3.77. The summed E-state index contributed by atoms with van der Waals surface area (Å²) in [4.78, 5) is 39.2. The van der Waals surface area contributed by atoms with Crippen LogP contribution in [0, 0.1) is 0 Å². The van der Waals surface area contributed by atoms with Crippen LogP contribution in [0.5, 0.6) is 5.75 Å². The summed E-state index contributed by atoms with van der Waals surface area (Å²) in [7, 11) is -4.69. The molecular formula is C24H21F3N2O8S2. The SMILES string of the molecule is COc1ccc(COC(=O)C2=C(OS(=O)(=O)C(F)(F)F)CS[C@@H]3[C@H](NC(=O)Cc4ccccc4)C(=O)N23)cc1. The van der Waals surface area contributed by atoms with Gasteiger partial charge < -0.3 is 19.0 Å². The van der Waals surface area contributed by atoms with E-state index >= 15 is 0 Å².